The highest BCUT2D eigenvalue weighted by atomic mass is 16.4. The Kier molecular flexibility index (Phi) is 6.59. The summed E-state index contributed by atoms with van der Waals surface area (Å²) in [6, 6.07) is 2.28. The van der Waals surface area contributed by atoms with Gasteiger partial charge in [-0.1, -0.05) is 32.1 Å². The van der Waals surface area contributed by atoms with Crippen LogP contribution in [0.3, 0.4) is 0 Å². The van der Waals surface area contributed by atoms with Crippen molar-refractivity contribution in [3.63, 3.8) is 0 Å². The monoisotopic (exact) mass is 308 g/mol. The van der Waals surface area contributed by atoms with Gasteiger partial charge in [0, 0.05) is 17.9 Å². The van der Waals surface area contributed by atoms with Gasteiger partial charge in [-0.05, 0) is 19.4 Å². The van der Waals surface area contributed by atoms with Gasteiger partial charge in [0.2, 0.25) is 0 Å². The van der Waals surface area contributed by atoms with Crippen LogP contribution < -0.4 is 5.63 Å². The van der Waals surface area contributed by atoms with Gasteiger partial charge in [0.25, 0.3) is 0 Å². The fourth-order valence-electron chi connectivity index (χ4n) is 2.02. The van der Waals surface area contributed by atoms with E-state index in [9.17, 15) is 20.1 Å². The lowest BCUT2D eigenvalue weighted by Gasteiger charge is -2.18. The standard InChI is InChI=1S/C17H24O5/c1-5-10(2)17(21)11(3)6-7-14(19)12(4)15-8-13(18)9-16(20)22-15/h5-9,11-12,14,17-19,21H,1-4H3/b7-6+,10-5+/t11-,12?,14+,17+/m0/s1. The SMILES string of the molecule is C/C=C(\C)[C@@H](O)[C@@H](C)/C=C/[C@@H](O)C(C)c1cc(O)cc(=O)o1. The second kappa shape index (κ2) is 7.96. The summed E-state index contributed by atoms with van der Waals surface area (Å²) in [5.41, 5.74) is 0.198. The second-order valence-corrected chi connectivity index (χ2v) is 5.54. The molecule has 1 rings (SSSR count). The van der Waals surface area contributed by atoms with Gasteiger partial charge in [0.15, 0.2) is 0 Å². The maximum atomic E-state index is 11.2. The highest BCUT2D eigenvalue weighted by molar-refractivity contribution is 5.22. The molecule has 122 valence electrons. The summed E-state index contributed by atoms with van der Waals surface area (Å²) in [5.74, 6) is -0.640. The van der Waals surface area contributed by atoms with Crippen molar-refractivity contribution in [1.29, 1.82) is 0 Å². The Morgan fingerprint density at radius 2 is 1.86 bits per heavy atom. The first kappa shape index (κ1) is 18.2. The molecular weight excluding hydrogens is 284 g/mol. The number of aliphatic hydroxyl groups is 2. The smallest absolute Gasteiger partial charge is 0.339 e. The molecule has 5 nitrogen and oxygen atoms in total. The molecule has 1 heterocycles. The number of aliphatic hydroxyl groups excluding tert-OH is 2. The van der Waals surface area contributed by atoms with E-state index in [2.05, 4.69) is 0 Å². The zero-order valence-corrected chi connectivity index (χ0v) is 13.4. The molecule has 0 aromatic carbocycles. The van der Waals surface area contributed by atoms with Crippen molar-refractivity contribution in [2.24, 2.45) is 5.92 Å². The molecule has 0 aliphatic carbocycles. The summed E-state index contributed by atoms with van der Waals surface area (Å²) in [4.78, 5) is 11.2. The molecule has 0 fully saturated rings. The van der Waals surface area contributed by atoms with Crippen LogP contribution in [-0.4, -0.2) is 27.5 Å². The van der Waals surface area contributed by atoms with Crippen LogP contribution in [0.1, 0.15) is 39.4 Å². The summed E-state index contributed by atoms with van der Waals surface area (Å²) in [5, 5.41) is 29.6. The van der Waals surface area contributed by atoms with Crippen LogP contribution in [-0.2, 0) is 0 Å². The minimum absolute atomic E-state index is 0.158. The van der Waals surface area contributed by atoms with E-state index in [1.807, 2.05) is 26.8 Å². The second-order valence-electron chi connectivity index (χ2n) is 5.54. The molecule has 0 aliphatic rings. The first-order valence-electron chi connectivity index (χ1n) is 7.27. The van der Waals surface area contributed by atoms with Crippen LogP contribution in [0.4, 0.5) is 0 Å². The minimum Gasteiger partial charge on any atom is -0.508 e. The molecule has 0 radical (unpaired) electrons. The Hall–Kier alpha value is -1.85. The average Bonchev–Trinajstić information content (AvgIpc) is 2.48. The molecule has 0 aliphatic heterocycles. The molecule has 22 heavy (non-hydrogen) atoms. The van der Waals surface area contributed by atoms with Crippen LogP contribution in [0.5, 0.6) is 5.75 Å². The number of hydrogen-bond donors (Lipinski definition) is 3. The Balaban J connectivity index is 2.81. The minimum atomic E-state index is -0.898. The lowest BCUT2D eigenvalue weighted by molar-refractivity contribution is 0.166. The number of aromatic hydroxyl groups is 1. The van der Waals surface area contributed by atoms with Crippen molar-refractivity contribution in [3.8, 4) is 5.75 Å². The quantitative estimate of drug-likeness (QED) is 0.702. The van der Waals surface area contributed by atoms with E-state index < -0.39 is 23.8 Å². The van der Waals surface area contributed by atoms with Crippen molar-refractivity contribution in [2.45, 2.75) is 45.8 Å². The molecule has 0 saturated carbocycles. The highest BCUT2D eigenvalue weighted by Gasteiger charge is 2.19. The molecule has 3 N–H and O–H groups in total. The van der Waals surface area contributed by atoms with Gasteiger partial charge in [0.05, 0.1) is 18.3 Å². The Labute approximate surface area is 130 Å². The Bertz CT molecular complexity index is 599. The molecule has 5 heteroatoms. The molecular formula is C17H24O5. The largest absolute Gasteiger partial charge is 0.508 e. The lowest BCUT2D eigenvalue weighted by Crippen LogP contribution is -2.19. The van der Waals surface area contributed by atoms with Crippen LogP contribution >= 0.6 is 0 Å². The molecule has 4 atom stereocenters. The summed E-state index contributed by atoms with van der Waals surface area (Å²) >= 11 is 0. The Morgan fingerprint density at radius 3 is 2.41 bits per heavy atom. The third kappa shape index (κ3) is 4.86. The highest BCUT2D eigenvalue weighted by Crippen LogP contribution is 2.23. The van der Waals surface area contributed by atoms with Crippen LogP contribution in [0.25, 0.3) is 0 Å². The van der Waals surface area contributed by atoms with E-state index in [1.54, 1.807) is 19.1 Å². The third-order valence-corrected chi connectivity index (χ3v) is 3.77. The van der Waals surface area contributed by atoms with Crippen LogP contribution in [0.15, 0.2) is 45.1 Å². The topological polar surface area (TPSA) is 90.9 Å². The normalized spacial score (nSPS) is 18.2. The van der Waals surface area contributed by atoms with Gasteiger partial charge in [-0.2, -0.15) is 0 Å². The molecule has 0 amide bonds. The number of rotatable bonds is 6. The van der Waals surface area contributed by atoms with Crippen molar-refractivity contribution in [2.75, 3.05) is 0 Å². The maximum absolute atomic E-state index is 11.2. The van der Waals surface area contributed by atoms with Gasteiger partial charge in [-0.15, -0.1) is 0 Å². The summed E-state index contributed by atoms with van der Waals surface area (Å²) in [7, 11) is 0. The van der Waals surface area contributed by atoms with E-state index in [1.165, 1.54) is 6.07 Å². The van der Waals surface area contributed by atoms with Crippen molar-refractivity contribution < 1.29 is 19.7 Å². The predicted molar refractivity (Wildman–Crippen MR) is 84.8 cm³/mol. The zero-order valence-electron chi connectivity index (χ0n) is 13.4. The van der Waals surface area contributed by atoms with E-state index in [-0.39, 0.29) is 17.4 Å². The van der Waals surface area contributed by atoms with E-state index in [0.29, 0.717) is 0 Å². The van der Waals surface area contributed by atoms with Gasteiger partial charge < -0.3 is 19.7 Å². The number of hydrogen-bond acceptors (Lipinski definition) is 5. The third-order valence-electron chi connectivity index (χ3n) is 3.77. The first-order valence-corrected chi connectivity index (χ1v) is 7.27. The average molecular weight is 308 g/mol. The van der Waals surface area contributed by atoms with E-state index >= 15 is 0 Å². The van der Waals surface area contributed by atoms with Gasteiger partial charge in [-0.25, -0.2) is 4.79 Å². The zero-order chi connectivity index (χ0) is 16.9. The fourth-order valence-corrected chi connectivity index (χ4v) is 2.02. The lowest BCUT2D eigenvalue weighted by atomic mass is 9.95. The molecule has 1 aromatic rings. The molecule has 0 saturated heterocycles. The van der Waals surface area contributed by atoms with Crippen molar-refractivity contribution in [3.05, 3.63) is 52.1 Å². The molecule has 0 spiro atoms. The predicted octanol–water partition coefficient (Wildman–Crippen LogP) is 2.33. The van der Waals surface area contributed by atoms with Crippen molar-refractivity contribution >= 4 is 0 Å². The first-order chi connectivity index (χ1) is 10.3. The molecule has 1 aromatic heterocycles. The van der Waals surface area contributed by atoms with Crippen LogP contribution in [0, 0.1) is 5.92 Å². The van der Waals surface area contributed by atoms with Crippen molar-refractivity contribution in [1.82, 2.24) is 0 Å². The van der Waals surface area contributed by atoms with Crippen LogP contribution in [0.2, 0.25) is 0 Å². The van der Waals surface area contributed by atoms with Gasteiger partial charge in [0.1, 0.15) is 11.5 Å². The number of allylic oxidation sites excluding steroid dienone is 1. The summed E-state index contributed by atoms with van der Waals surface area (Å²) in [6.45, 7) is 7.23. The molecule has 1 unspecified atom stereocenters. The van der Waals surface area contributed by atoms with E-state index in [4.69, 9.17) is 4.42 Å². The van der Waals surface area contributed by atoms with E-state index in [0.717, 1.165) is 11.6 Å². The van der Waals surface area contributed by atoms with Gasteiger partial charge >= 0.3 is 5.63 Å². The summed E-state index contributed by atoms with van der Waals surface area (Å²) < 4.78 is 4.98. The maximum Gasteiger partial charge on any atom is 0.339 e. The molecule has 0 bridgehead atoms. The Morgan fingerprint density at radius 1 is 1.23 bits per heavy atom. The van der Waals surface area contributed by atoms with Gasteiger partial charge in [-0.3, -0.25) is 0 Å². The summed E-state index contributed by atoms with van der Waals surface area (Å²) in [6.07, 6.45) is 3.62. The fraction of sp³-hybridized carbons (Fsp3) is 0.471.